The third kappa shape index (κ3) is 15.9. The molecule has 0 spiro atoms. The van der Waals surface area contributed by atoms with Gasteiger partial charge in [-0.3, -0.25) is 4.79 Å². The van der Waals surface area contributed by atoms with E-state index in [1.807, 2.05) is 24.3 Å². The number of unbranched alkanes of at least 4 members (excludes halogenated alkanes) is 4. The van der Waals surface area contributed by atoms with Crippen molar-refractivity contribution in [3.8, 4) is 5.75 Å². The number of hydrogen-bond donors (Lipinski definition) is 1. The Balaban J connectivity index is 1.99. The minimum Gasteiger partial charge on any atom is -0.497 e. The zero-order chi connectivity index (χ0) is 22.4. The summed E-state index contributed by atoms with van der Waals surface area (Å²) >= 11 is 0. The van der Waals surface area contributed by atoms with Gasteiger partial charge in [-0.2, -0.15) is 0 Å². The van der Waals surface area contributed by atoms with Crippen LogP contribution >= 0.6 is 0 Å². The summed E-state index contributed by atoms with van der Waals surface area (Å²) in [4.78, 5) is 11.9. The van der Waals surface area contributed by atoms with Crippen LogP contribution in [0.5, 0.6) is 5.75 Å². The van der Waals surface area contributed by atoms with Crippen molar-refractivity contribution in [1.82, 2.24) is 5.32 Å². The minimum absolute atomic E-state index is 0.0960. The second-order valence-electron chi connectivity index (χ2n) is 7.61. The first kappa shape index (κ1) is 26.5. The van der Waals surface area contributed by atoms with Gasteiger partial charge in [0, 0.05) is 13.0 Å². The van der Waals surface area contributed by atoms with E-state index in [-0.39, 0.29) is 5.91 Å². The van der Waals surface area contributed by atoms with Gasteiger partial charge in [-0.05, 0) is 62.6 Å². The standard InChI is InChI=1S/C28H41NO2/c1-3-4-5-6-7-8-9-10-11-12-13-14-15-16-17-18-19-23-28(30)29-25-26-21-20-22-27(24-26)31-2/h7-8,10-11,13-14,16-17,20-22,24H,3-6,9,12,15,18-19,23,25H2,1-2H3,(H,29,30)/b8-7-,11-10-,14-13+,17-16-. The van der Waals surface area contributed by atoms with Gasteiger partial charge in [-0.1, -0.05) is 80.5 Å². The highest BCUT2D eigenvalue weighted by Gasteiger charge is 2.01. The van der Waals surface area contributed by atoms with E-state index in [1.54, 1.807) is 7.11 Å². The summed E-state index contributed by atoms with van der Waals surface area (Å²) < 4.78 is 5.20. The largest absolute Gasteiger partial charge is 0.497 e. The van der Waals surface area contributed by atoms with E-state index in [2.05, 4.69) is 60.8 Å². The van der Waals surface area contributed by atoms with Crippen molar-refractivity contribution >= 4 is 5.91 Å². The lowest BCUT2D eigenvalue weighted by molar-refractivity contribution is -0.121. The Morgan fingerprint density at radius 2 is 1.48 bits per heavy atom. The highest BCUT2D eigenvalue weighted by Crippen LogP contribution is 2.12. The van der Waals surface area contributed by atoms with E-state index >= 15 is 0 Å². The van der Waals surface area contributed by atoms with Crippen LogP contribution < -0.4 is 10.1 Å². The number of benzene rings is 1. The maximum absolute atomic E-state index is 11.9. The van der Waals surface area contributed by atoms with Crippen LogP contribution in [0.3, 0.4) is 0 Å². The van der Waals surface area contributed by atoms with Crippen molar-refractivity contribution in [2.45, 2.75) is 77.7 Å². The molecule has 3 nitrogen and oxygen atoms in total. The quantitative estimate of drug-likeness (QED) is 0.209. The van der Waals surface area contributed by atoms with Crippen LogP contribution in [-0.4, -0.2) is 13.0 Å². The predicted octanol–water partition coefficient (Wildman–Crippen LogP) is 7.46. The second kappa shape index (κ2) is 19.4. The van der Waals surface area contributed by atoms with Gasteiger partial charge in [0.25, 0.3) is 0 Å². The predicted molar refractivity (Wildman–Crippen MR) is 133 cm³/mol. The molecule has 170 valence electrons. The van der Waals surface area contributed by atoms with Gasteiger partial charge in [0.15, 0.2) is 0 Å². The molecule has 0 bridgehead atoms. The van der Waals surface area contributed by atoms with E-state index < -0.39 is 0 Å². The molecule has 0 aliphatic carbocycles. The number of carbonyl (C=O) groups excluding carboxylic acids is 1. The van der Waals surface area contributed by atoms with Gasteiger partial charge in [0.1, 0.15) is 5.75 Å². The summed E-state index contributed by atoms with van der Waals surface area (Å²) in [6, 6.07) is 7.77. The Morgan fingerprint density at radius 1 is 0.871 bits per heavy atom. The number of hydrogen-bond acceptors (Lipinski definition) is 2. The number of nitrogens with one attached hydrogen (secondary N) is 1. The Bertz CT molecular complexity index is 701. The molecule has 0 aliphatic rings. The highest BCUT2D eigenvalue weighted by atomic mass is 16.5. The molecule has 0 heterocycles. The first-order chi connectivity index (χ1) is 15.3. The van der Waals surface area contributed by atoms with Crippen LogP contribution in [0, 0.1) is 0 Å². The summed E-state index contributed by atoms with van der Waals surface area (Å²) in [6.07, 6.45) is 28.2. The van der Waals surface area contributed by atoms with Crippen LogP contribution in [0.15, 0.2) is 72.9 Å². The number of rotatable bonds is 17. The van der Waals surface area contributed by atoms with Gasteiger partial charge < -0.3 is 10.1 Å². The van der Waals surface area contributed by atoms with Crippen molar-refractivity contribution in [2.24, 2.45) is 0 Å². The molecule has 0 radical (unpaired) electrons. The van der Waals surface area contributed by atoms with Crippen molar-refractivity contribution in [1.29, 1.82) is 0 Å². The molecule has 0 saturated heterocycles. The fraction of sp³-hybridized carbons (Fsp3) is 0.464. The summed E-state index contributed by atoms with van der Waals surface area (Å²) in [7, 11) is 1.65. The summed E-state index contributed by atoms with van der Waals surface area (Å²) in [5.41, 5.74) is 1.05. The molecule has 0 saturated carbocycles. The minimum atomic E-state index is 0.0960. The maximum Gasteiger partial charge on any atom is 0.220 e. The third-order valence-electron chi connectivity index (χ3n) is 4.86. The van der Waals surface area contributed by atoms with Crippen molar-refractivity contribution in [3.05, 3.63) is 78.4 Å². The molecular formula is C28H41NO2. The lowest BCUT2D eigenvalue weighted by Gasteiger charge is -2.06. The molecule has 1 N–H and O–H groups in total. The first-order valence-corrected chi connectivity index (χ1v) is 11.8. The van der Waals surface area contributed by atoms with Gasteiger partial charge in [0.2, 0.25) is 5.91 Å². The smallest absolute Gasteiger partial charge is 0.220 e. The summed E-state index contributed by atoms with van der Waals surface area (Å²) in [5, 5.41) is 2.96. The normalized spacial score (nSPS) is 11.9. The van der Waals surface area contributed by atoms with Crippen molar-refractivity contribution < 1.29 is 9.53 Å². The number of methoxy groups -OCH3 is 1. The van der Waals surface area contributed by atoms with Crippen LogP contribution in [0.25, 0.3) is 0 Å². The summed E-state index contributed by atoms with van der Waals surface area (Å²) in [6.45, 7) is 2.78. The van der Waals surface area contributed by atoms with E-state index in [0.29, 0.717) is 13.0 Å². The lowest BCUT2D eigenvalue weighted by atomic mass is 10.2. The molecule has 0 aromatic heterocycles. The van der Waals surface area contributed by atoms with E-state index in [9.17, 15) is 4.79 Å². The SMILES string of the molecule is CCCCC/C=C\C/C=C\C/C=C/C/C=C\CCCC(=O)NCc1cccc(OC)c1. The Labute approximate surface area is 190 Å². The van der Waals surface area contributed by atoms with E-state index in [4.69, 9.17) is 4.74 Å². The fourth-order valence-electron chi connectivity index (χ4n) is 3.01. The van der Waals surface area contributed by atoms with Crippen molar-refractivity contribution in [3.63, 3.8) is 0 Å². The van der Waals surface area contributed by atoms with E-state index in [1.165, 1.54) is 25.7 Å². The lowest BCUT2D eigenvalue weighted by Crippen LogP contribution is -2.22. The number of ether oxygens (including phenoxy) is 1. The topological polar surface area (TPSA) is 38.3 Å². The molecule has 1 aromatic carbocycles. The average molecular weight is 424 g/mol. The highest BCUT2D eigenvalue weighted by molar-refractivity contribution is 5.75. The zero-order valence-corrected chi connectivity index (χ0v) is 19.5. The van der Waals surface area contributed by atoms with Crippen LogP contribution in [0.2, 0.25) is 0 Å². The first-order valence-electron chi connectivity index (χ1n) is 11.8. The molecule has 1 rings (SSSR count). The third-order valence-corrected chi connectivity index (χ3v) is 4.86. The molecular weight excluding hydrogens is 382 g/mol. The van der Waals surface area contributed by atoms with Gasteiger partial charge in [0.05, 0.1) is 7.11 Å². The molecule has 0 fully saturated rings. The molecule has 1 amide bonds. The average Bonchev–Trinajstić information content (AvgIpc) is 2.80. The number of allylic oxidation sites excluding steroid dienone is 8. The van der Waals surface area contributed by atoms with E-state index in [0.717, 1.165) is 43.4 Å². The number of carbonyl (C=O) groups is 1. The Hall–Kier alpha value is -2.55. The molecule has 1 aromatic rings. The fourth-order valence-corrected chi connectivity index (χ4v) is 3.01. The van der Waals surface area contributed by atoms with Crippen molar-refractivity contribution in [2.75, 3.05) is 7.11 Å². The molecule has 0 unspecified atom stereocenters. The molecule has 0 atom stereocenters. The summed E-state index contributed by atoms with van der Waals surface area (Å²) in [5.74, 6) is 0.908. The van der Waals surface area contributed by atoms with Crippen LogP contribution in [0.4, 0.5) is 0 Å². The second-order valence-corrected chi connectivity index (χ2v) is 7.61. The van der Waals surface area contributed by atoms with Crippen LogP contribution in [-0.2, 0) is 11.3 Å². The van der Waals surface area contributed by atoms with Gasteiger partial charge in [-0.25, -0.2) is 0 Å². The monoisotopic (exact) mass is 423 g/mol. The van der Waals surface area contributed by atoms with Gasteiger partial charge in [-0.15, -0.1) is 0 Å². The maximum atomic E-state index is 11.9. The molecule has 3 heteroatoms. The number of amides is 1. The Kier molecular flexibility index (Phi) is 16.6. The molecule has 0 aliphatic heterocycles. The van der Waals surface area contributed by atoms with Crippen LogP contribution in [0.1, 0.15) is 76.7 Å². The molecule has 31 heavy (non-hydrogen) atoms. The zero-order valence-electron chi connectivity index (χ0n) is 19.5. The Morgan fingerprint density at radius 3 is 2.10 bits per heavy atom. The van der Waals surface area contributed by atoms with Gasteiger partial charge >= 0.3 is 0 Å².